The van der Waals surface area contributed by atoms with Crippen LogP contribution in [-0.4, -0.2) is 41.6 Å². The lowest BCUT2D eigenvalue weighted by molar-refractivity contribution is -0.131. The summed E-state index contributed by atoms with van der Waals surface area (Å²) < 4.78 is 2.04. The second-order valence-corrected chi connectivity index (χ2v) is 6.25. The van der Waals surface area contributed by atoms with Gasteiger partial charge in [-0.05, 0) is 36.8 Å². The largest absolute Gasteiger partial charge is 0.367 e. The Bertz CT molecular complexity index is 661. The summed E-state index contributed by atoms with van der Waals surface area (Å²) in [7, 11) is 0. The molecule has 2 aromatic rings. The van der Waals surface area contributed by atoms with Gasteiger partial charge < -0.3 is 14.4 Å². The highest BCUT2D eigenvalue weighted by atomic mass is 35.5. The average molecular weight is 332 g/mol. The molecule has 0 aliphatic carbocycles. The number of benzene rings is 1. The Balaban J connectivity index is 1.68. The van der Waals surface area contributed by atoms with E-state index in [0.717, 1.165) is 49.0 Å². The van der Waals surface area contributed by atoms with Gasteiger partial charge in [0.1, 0.15) is 0 Å². The number of halogens is 1. The number of anilines is 1. The quantitative estimate of drug-likeness (QED) is 0.856. The maximum absolute atomic E-state index is 12.0. The fourth-order valence-corrected chi connectivity index (χ4v) is 3.28. The van der Waals surface area contributed by atoms with Crippen LogP contribution in [0.15, 0.2) is 42.7 Å². The van der Waals surface area contributed by atoms with Crippen molar-refractivity contribution in [2.24, 2.45) is 0 Å². The van der Waals surface area contributed by atoms with E-state index in [2.05, 4.69) is 17.0 Å². The molecule has 5 heteroatoms. The first-order valence-electron chi connectivity index (χ1n) is 8.14. The summed E-state index contributed by atoms with van der Waals surface area (Å²) in [6.45, 7) is 5.25. The fourth-order valence-electron chi connectivity index (χ4n) is 2.99. The van der Waals surface area contributed by atoms with Gasteiger partial charge in [0.05, 0.1) is 10.7 Å². The van der Waals surface area contributed by atoms with Gasteiger partial charge in [-0.2, -0.15) is 0 Å². The zero-order valence-corrected chi connectivity index (χ0v) is 14.2. The molecule has 0 spiro atoms. The smallest absolute Gasteiger partial charge is 0.222 e. The number of piperazine rings is 1. The molecule has 4 nitrogen and oxygen atoms in total. The Kier molecular flexibility index (Phi) is 4.91. The van der Waals surface area contributed by atoms with Crippen LogP contribution in [0.5, 0.6) is 0 Å². The van der Waals surface area contributed by atoms with Crippen molar-refractivity contribution >= 4 is 23.2 Å². The molecular formula is C18H22ClN3O. The lowest BCUT2D eigenvalue weighted by atomic mass is 10.2. The van der Waals surface area contributed by atoms with E-state index in [1.165, 1.54) is 0 Å². The normalized spacial score (nSPS) is 15.0. The fraction of sp³-hybridized carbons (Fsp3) is 0.389. The summed E-state index contributed by atoms with van der Waals surface area (Å²) in [5, 5.41) is 0.754. The molecule has 23 heavy (non-hydrogen) atoms. The molecule has 1 aromatic heterocycles. The van der Waals surface area contributed by atoms with Gasteiger partial charge in [-0.3, -0.25) is 4.79 Å². The van der Waals surface area contributed by atoms with E-state index < -0.39 is 0 Å². The molecule has 1 aliphatic heterocycles. The number of amides is 1. The van der Waals surface area contributed by atoms with E-state index in [1.54, 1.807) is 0 Å². The average Bonchev–Trinajstić information content (AvgIpc) is 3.10. The first kappa shape index (κ1) is 15.9. The Labute approximate surface area is 142 Å². The summed E-state index contributed by atoms with van der Waals surface area (Å²) in [6, 6.07) is 10.1. The molecule has 1 fully saturated rings. The van der Waals surface area contributed by atoms with Crippen molar-refractivity contribution in [2.45, 2.75) is 19.8 Å². The van der Waals surface area contributed by atoms with Gasteiger partial charge in [-0.15, -0.1) is 0 Å². The highest BCUT2D eigenvalue weighted by molar-refractivity contribution is 6.33. The minimum Gasteiger partial charge on any atom is -0.367 e. The Hall–Kier alpha value is -1.94. The van der Waals surface area contributed by atoms with E-state index in [9.17, 15) is 4.79 Å². The van der Waals surface area contributed by atoms with Crippen molar-refractivity contribution in [1.29, 1.82) is 0 Å². The Morgan fingerprint density at radius 2 is 1.83 bits per heavy atom. The van der Waals surface area contributed by atoms with Gasteiger partial charge >= 0.3 is 0 Å². The van der Waals surface area contributed by atoms with Crippen molar-refractivity contribution in [3.63, 3.8) is 0 Å². The third-order valence-corrected chi connectivity index (χ3v) is 4.57. The van der Waals surface area contributed by atoms with E-state index in [-0.39, 0.29) is 5.91 Å². The van der Waals surface area contributed by atoms with Crippen molar-refractivity contribution in [3.8, 4) is 5.69 Å². The van der Waals surface area contributed by atoms with Crippen LogP contribution in [0.1, 0.15) is 19.8 Å². The van der Waals surface area contributed by atoms with E-state index in [4.69, 9.17) is 11.6 Å². The highest BCUT2D eigenvalue weighted by Crippen LogP contribution is 2.29. The molecular weight excluding hydrogens is 310 g/mol. The molecule has 1 saturated heterocycles. The van der Waals surface area contributed by atoms with Crippen molar-refractivity contribution in [2.75, 3.05) is 31.1 Å². The number of aromatic nitrogens is 1. The summed E-state index contributed by atoms with van der Waals surface area (Å²) in [5.41, 5.74) is 2.10. The summed E-state index contributed by atoms with van der Waals surface area (Å²) in [5.74, 6) is 0.265. The molecule has 0 bridgehead atoms. The topological polar surface area (TPSA) is 28.5 Å². The number of hydrogen-bond acceptors (Lipinski definition) is 2. The van der Waals surface area contributed by atoms with Gasteiger partial charge in [0.15, 0.2) is 0 Å². The van der Waals surface area contributed by atoms with Crippen molar-refractivity contribution < 1.29 is 4.79 Å². The minimum absolute atomic E-state index is 0.265. The molecule has 0 saturated carbocycles. The maximum atomic E-state index is 12.0. The van der Waals surface area contributed by atoms with Crippen molar-refractivity contribution in [3.05, 3.63) is 47.7 Å². The maximum Gasteiger partial charge on any atom is 0.222 e. The molecule has 2 heterocycles. The molecule has 1 aromatic carbocycles. The number of rotatable bonds is 4. The van der Waals surface area contributed by atoms with E-state index in [1.807, 2.05) is 47.0 Å². The zero-order chi connectivity index (χ0) is 16.2. The third-order valence-electron chi connectivity index (χ3n) is 4.27. The number of hydrogen-bond donors (Lipinski definition) is 0. The molecule has 0 N–H and O–H groups in total. The Morgan fingerprint density at radius 3 is 2.43 bits per heavy atom. The standard InChI is InChI=1S/C18H22ClN3O/c1-2-5-18(23)22-12-10-21(11-13-22)17-7-6-15(14-16(17)19)20-8-3-4-9-20/h3-4,6-9,14H,2,5,10-13H2,1H3. The molecule has 0 unspecified atom stereocenters. The summed E-state index contributed by atoms with van der Waals surface area (Å²) in [4.78, 5) is 16.2. The summed E-state index contributed by atoms with van der Waals surface area (Å²) in [6.07, 6.45) is 5.56. The molecule has 3 rings (SSSR count). The van der Waals surface area contributed by atoms with Gasteiger partial charge in [0, 0.05) is 50.7 Å². The lowest BCUT2D eigenvalue weighted by Gasteiger charge is -2.36. The van der Waals surface area contributed by atoms with Crippen LogP contribution in [0.4, 0.5) is 5.69 Å². The molecule has 0 atom stereocenters. The minimum atomic E-state index is 0.265. The SMILES string of the molecule is CCCC(=O)N1CCN(c2ccc(-n3cccc3)cc2Cl)CC1. The molecule has 1 amide bonds. The summed E-state index contributed by atoms with van der Waals surface area (Å²) >= 11 is 6.49. The van der Waals surface area contributed by atoms with Gasteiger partial charge in [-0.25, -0.2) is 0 Å². The Morgan fingerprint density at radius 1 is 1.13 bits per heavy atom. The van der Waals surface area contributed by atoms with Crippen LogP contribution in [0, 0.1) is 0 Å². The second kappa shape index (κ2) is 7.09. The zero-order valence-electron chi connectivity index (χ0n) is 13.4. The van der Waals surface area contributed by atoms with Crippen LogP contribution in [0.2, 0.25) is 5.02 Å². The first-order chi connectivity index (χ1) is 11.2. The lowest BCUT2D eigenvalue weighted by Crippen LogP contribution is -2.48. The number of carbonyl (C=O) groups excluding carboxylic acids is 1. The predicted octanol–water partition coefficient (Wildman–Crippen LogP) is 3.58. The highest BCUT2D eigenvalue weighted by Gasteiger charge is 2.21. The van der Waals surface area contributed by atoms with Crippen LogP contribution in [0.25, 0.3) is 5.69 Å². The molecule has 0 radical (unpaired) electrons. The van der Waals surface area contributed by atoms with E-state index in [0.29, 0.717) is 6.42 Å². The number of nitrogens with zero attached hydrogens (tertiary/aromatic N) is 3. The van der Waals surface area contributed by atoms with Crippen LogP contribution < -0.4 is 4.90 Å². The van der Waals surface area contributed by atoms with Crippen LogP contribution >= 0.6 is 11.6 Å². The second-order valence-electron chi connectivity index (χ2n) is 5.84. The molecule has 1 aliphatic rings. The van der Waals surface area contributed by atoms with Crippen molar-refractivity contribution in [1.82, 2.24) is 9.47 Å². The predicted molar refractivity (Wildman–Crippen MR) is 94.5 cm³/mol. The van der Waals surface area contributed by atoms with Gasteiger partial charge in [0.2, 0.25) is 5.91 Å². The molecule has 122 valence electrons. The monoisotopic (exact) mass is 331 g/mol. The van der Waals surface area contributed by atoms with E-state index >= 15 is 0 Å². The van der Waals surface area contributed by atoms with Gasteiger partial charge in [-0.1, -0.05) is 18.5 Å². The number of carbonyl (C=O) groups is 1. The van der Waals surface area contributed by atoms with Crippen LogP contribution in [-0.2, 0) is 4.79 Å². The third kappa shape index (κ3) is 3.53. The first-order valence-corrected chi connectivity index (χ1v) is 8.52. The van der Waals surface area contributed by atoms with Gasteiger partial charge in [0.25, 0.3) is 0 Å². The van der Waals surface area contributed by atoms with Crippen LogP contribution in [0.3, 0.4) is 0 Å².